The SMILES string of the molecule is C=CCCc1cccc(P(=O)(O)O)c1CCC=C. The van der Waals surface area contributed by atoms with Gasteiger partial charge < -0.3 is 9.79 Å². The third kappa shape index (κ3) is 3.95. The van der Waals surface area contributed by atoms with Gasteiger partial charge in [0, 0.05) is 0 Å². The van der Waals surface area contributed by atoms with Gasteiger partial charge in [0.15, 0.2) is 0 Å². The van der Waals surface area contributed by atoms with Crippen LogP contribution in [0, 0.1) is 0 Å². The molecule has 0 amide bonds. The van der Waals surface area contributed by atoms with Crippen LogP contribution >= 0.6 is 7.60 Å². The van der Waals surface area contributed by atoms with E-state index >= 15 is 0 Å². The van der Waals surface area contributed by atoms with Crippen LogP contribution in [0.2, 0.25) is 0 Å². The quantitative estimate of drug-likeness (QED) is 0.589. The van der Waals surface area contributed by atoms with Gasteiger partial charge in [-0.25, -0.2) is 0 Å². The molecule has 0 bridgehead atoms. The fourth-order valence-electron chi connectivity index (χ4n) is 1.92. The fraction of sp³-hybridized carbons (Fsp3) is 0.286. The van der Waals surface area contributed by atoms with E-state index in [-0.39, 0.29) is 5.30 Å². The van der Waals surface area contributed by atoms with E-state index in [0.717, 1.165) is 24.0 Å². The first-order chi connectivity index (χ1) is 8.50. The third-order valence-electron chi connectivity index (χ3n) is 2.78. The highest BCUT2D eigenvalue weighted by Gasteiger charge is 2.22. The predicted molar refractivity (Wildman–Crippen MR) is 75.2 cm³/mol. The summed E-state index contributed by atoms with van der Waals surface area (Å²) in [5.41, 5.74) is 1.74. The molecule has 0 spiro atoms. The summed E-state index contributed by atoms with van der Waals surface area (Å²) in [5.74, 6) is 0. The van der Waals surface area contributed by atoms with Crippen LogP contribution in [0.4, 0.5) is 0 Å². The highest BCUT2D eigenvalue weighted by molar-refractivity contribution is 7.60. The van der Waals surface area contributed by atoms with Gasteiger partial charge in [0.05, 0.1) is 5.30 Å². The minimum Gasteiger partial charge on any atom is -0.321 e. The van der Waals surface area contributed by atoms with Crippen LogP contribution in [0.3, 0.4) is 0 Å². The van der Waals surface area contributed by atoms with Gasteiger partial charge in [0.2, 0.25) is 0 Å². The van der Waals surface area contributed by atoms with E-state index in [9.17, 15) is 14.4 Å². The Kier molecular flexibility index (Phi) is 5.54. The van der Waals surface area contributed by atoms with Gasteiger partial charge in [0.1, 0.15) is 0 Å². The lowest BCUT2D eigenvalue weighted by Crippen LogP contribution is -2.14. The number of rotatable bonds is 7. The van der Waals surface area contributed by atoms with Crippen molar-refractivity contribution in [3.63, 3.8) is 0 Å². The van der Waals surface area contributed by atoms with Crippen LogP contribution in [0.25, 0.3) is 0 Å². The smallest absolute Gasteiger partial charge is 0.321 e. The van der Waals surface area contributed by atoms with Crippen molar-refractivity contribution < 1.29 is 14.4 Å². The highest BCUT2D eigenvalue weighted by Crippen LogP contribution is 2.36. The molecule has 0 unspecified atom stereocenters. The summed E-state index contributed by atoms with van der Waals surface area (Å²) in [5, 5.41) is 0.144. The van der Waals surface area contributed by atoms with E-state index in [4.69, 9.17) is 0 Å². The Labute approximate surface area is 108 Å². The van der Waals surface area contributed by atoms with Gasteiger partial charge in [0.25, 0.3) is 0 Å². The number of aryl methyl sites for hydroxylation is 1. The molecule has 0 radical (unpaired) electrons. The first-order valence-electron chi connectivity index (χ1n) is 5.89. The number of hydrogen-bond acceptors (Lipinski definition) is 1. The first kappa shape index (κ1) is 14.9. The van der Waals surface area contributed by atoms with E-state index in [1.807, 2.05) is 6.07 Å². The molecule has 18 heavy (non-hydrogen) atoms. The fourth-order valence-corrected chi connectivity index (χ4v) is 2.81. The Bertz CT molecular complexity index is 474. The van der Waals surface area contributed by atoms with Crippen molar-refractivity contribution in [3.8, 4) is 0 Å². The van der Waals surface area contributed by atoms with Crippen LogP contribution in [-0.4, -0.2) is 9.79 Å². The van der Waals surface area contributed by atoms with E-state index in [2.05, 4.69) is 13.2 Å². The standard InChI is InChI=1S/C14H19O3P/c1-3-5-8-12-9-7-11-14(18(15,16)17)13(12)10-6-4-2/h3-4,7,9,11H,1-2,5-6,8,10H2,(H2,15,16,17). The molecule has 0 saturated carbocycles. The second-order valence-corrected chi connectivity index (χ2v) is 5.68. The van der Waals surface area contributed by atoms with Gasteiger partial charge in [-0.05, 0) is 42.9 Å². The number of allylic oxidation sites excluding steroid dienone is 2. The summed E-state index contributed by atoms with van der Waals surface area (Å²) in [6.07, 6.45) is 6.43. The molecule has 1 aromatic carbocycles. The first-order valence-corrected chi connectivity index (χ1v) is 7.50. The molecule has 0 aliphatic carbocycles. The van der Waals surface area contributed by atoms with E-state index in [0.29, 0.717) is 12.8 Å². The number of benzene rings is 1. The maximum absolute atomic E-state index is 11.5. The number of hydrogen-bond donors (Lipinski definition) is 2. The van der Waals surface area contributed by atoms with Gasteiger partial charge in [-0.2, -0.15) is 0 Å². The molecular weight excluding hydrogens is 247 g/mol. The molecule has 1 rings (SSSR count). The summed E-state index contributed by atoms with van der Waals surface area (Å²) in [6.45, 7) is 7.32. The molecule has 98 valence electrons. The van der Waals surface area contributed by atoms with Crippen molar-refractivity contribution in [1.82, 2.24) is 0 Å². The molecule has 0 fully saturated rings. The molecule has 2 N–H and O–H groups in total. The lowest BCUT2D eigenvalue weighted by molar-refractivity contribution is 0.387. The topological polar surface area (TPSA) is 57.5 Å². The van der Waals surface area contributed by atoms with Crippen molar-refractivity contribution in [2.45, 2.75) is 25.7 Å². The summed E-state index contributed by atoms with van der Waals surface area (Å²) in [4.78, 5) is 18.8. The molecule has 0 aromatic heterocycles. The molecule has 0 heterocycles. The zero-order valence-corrected chi connectivity index (χ0v) is 11.3. The molecule has 3 nitrogen and oxygen atoms in total. The summed E-state index contributed by atoms with van der Waals surface area (Å²) in [6, 6.07) is 5.13. The molecule has 0 atom stereocenters. The lowest BCUT2D eigenvalue weighted by Gasteiger charge is -2.15. The van der Waals surface area contributed by atoms with Gasteiger partial charge in [-0.3, -0.25) is 4.57 Å². The van der Waals surface area contributed by atoms with Crippen molar-refractivity contribution in [2.75, 3.05) is 0 Å². The maximum Gasteiger partial charge on any atom is 0.356 e. The Hall–Kier alpha value is -1.15. The van der Waals surface area contributed by atoms with Crippen molar-refractivity contribution >= 4 is 12.9 Å². The van der Waals surface area contributed by atoms with Gasteiger partial charge in [-0.15, -0.1) is 13.2 Å². The van der Waals surface area contributed by atoms with Crippen LogP contribution in [0.15, 0.2) is 43.5 Å². The predicted octanol–water partition coefficient (Wildman–Crippen LogP) is 2.73. The van der Waals surface area contributed by atoms with E-state index < -0.39 is 7.60 Å². The molecular formula is C14H19O3P. The van der Waals surface area contributed by atoms with Crippen LogP contribution < -0.4 is 5.30 Å². The molecule has 4 heteroatoms. The Morgan fingerprint density at radius 1 is 1.11 bits per heavy atom. The van der Waals surface area contributed by atoms with Crippen LogP contribution in [-0.2, 0) is 17.4 Å². The lowest BCUT2D eigenvalue weighted by atomic mass is 9.99. The summed E-state index contributed by atoms with van der Waals surface area (Å²) >= 11 is 0. The second-order valence-electron chi connectivity index (χ2n) is 4.11. The monoisotopic (exact) mass is 266 g/mol. The van der Waals surface area contributed by atoms with Crippen LogP contribution in [0.1, 0.15) is 24.0 Å². The molecule has 0 aliphatic rings. The normalized spacial score (nSPS) is 11.2. The zero-order valence-electron chi connectivity index (χ0n) is 10.4. The summed E-state index contributed by atoms with van der Waals surface area (Å²) in [7, 11) is -4.22. The largest absolute Gasteiger partial charge is 0.356 e. The van der Waals surface area contributed by atoms with E-state index in [1.54, 1.807) is 18.2 Å². The maximum atomic E-state index is 11.5. The Morgan fingerprint density at radius 2 is 1.72 bits per heavy atom. The molecule has 0 saturated heterocycles. The van der Waals surface area contributed by atoms with Crippen molar-refractivity contribution in [1.29, 1.82) is 0 Å². The van der Waals surface area contributed by atoms with Gasteiger partial charge in [-0.1, -0.05) is 24.3 Å². The average Bonchev–Trinajstić information content (AvgIpc) is 2.32. The minimum atomic E-state index is -4.22. The zero-order chi connectivity index (χ0) is 13.6. The summed E-state index contributed by atoms with van der Waals surface area (Å²) < 4.78 is 11.5. The molecule has 0 aliphatic heterocycles. The third-order valence-corrected chi connectivity index (χ3v) is 3.83. The van der Waals surface area contributed by atoms with E-state index in [1.165, 1.54) is 6.07 Å². The minimum absolute atomic E-state index is 0.144. The van der Waals surface area contributed by atoms with Gasteiger partial charge >= 0.3 is 7.60 Å². The van der Waals surface area contributed by atoms with Crippen LogP contribution in [0.5, 0.6) is 0 Å². The Morgan fingerprint density at radius 3 is 2.28 bits per heavy atom. The van der Waals surface area contributed by atoms with Crippen molar-refractivity contribution in [2.24, 2.45) is 0 Å². The molecule has 1 aromatic rings. The Balaban J connectivity index is 3.20. The highest BCUT2D eigenvalue weighted by atomic mass is 31.2. The average molecular weight is 266 g/mol. The second kappa shape index (κ2) is 6.69. The van der Waals surface area contributed by atoms with Crippen molar-refractivity contribution in [3.05, 3.63) is 54.6 Å².